The molecule has 1 aliphatic rings. The molecule has 1 aromatic heterocycles. The number of para-hydroxylation sites is 2. The first-order chi connectivity index (χ1) is 13.5. The summed E-state index contributed by atoms with van der Waals surface area (Å²) in [4.78, 5) is 19.5. The van der Waals surface area contributed by atoms with Crippen molar-refractivity contribution in [3.63, 3.8) is 0 Å². The van der Waals surface area contributed by atoms with E-state index in [4.69, 9.17) is 9.15 Å². The van der Waals surface area contributed by atoms with Crippen molar-refractivity contribution in [3.05, 3.63) is 59.5 Å². The highest BCUT2D eigenvalue weighted by Gasteiger charge is 2.31. The van der Waals surface area contributed by atoms with Crippen LogP contribution >= 0.6 is 0 Å². The zero-order chi connectivity index (χ0) is 19.7. The number of likely N-dealkylation sites (tertiary alicyclic amines) is 1. The molecule has 5 nitrogen and oxygen atoms in total. The summed E-state index contributed by atoms with van der Waals surface area (Å²) in [5, 5.41) is 0. The number of piperidine rings is 1. The van der Waals surface area contributed by atoms with Gasteiger partial charge in [0.1, 0.15) is 11.3 Å². The minimum absolute atomic E-state index is 0.0155. The van der Waals surface area contributed by atoms with E-state index in [1.54, 1.807) is 0 Å². The van der Waals surface area contributed by atoms with Gasteiger partial charge in [-0.05, 0) is 62.9 Å². The van der Waals surface area contributed by atoms with Crippen molar-refractivity contribution in [2.75, 3.05) is 13.1 Å². The number of nitrogens with zero attached hydrogens (tertiary/aromatic N) is 2. The zero-order valence-corrected chi connectivity index (χ0v) is 16.6. The summed E-state index contributed by atoms with van der Waals surface area (Å²) in [6.45, 7) is 7.26. The molecule has 1 aliphatic heterocycles. The molecular formula is C23H26N2O3. The zero-order valence-electron chi connectivity index (χ0n) is 16.6. The molecule has 0 saturated carbocycles. The number of aromatic nitrogens is 1. The van der Waals surface area contributed by atoms with Crippen LogP contribution in [-0.2, 0) is 4.79 Å². The highest BCUT2D eigenvalue weighted by molar-refractivity contribution is 5.81. The average Bonchev–Trinajstić information content (AvgIpc) is 3.15. The van der Waals surface area contributed by atoms with Crippen LogP contribution in [0.25, 0.3) is 11.1 Å². The van der Waals surface area contributed by atoms with Crippen LogP contribution in [0.15, 0.2) is 46.9 Å². The van der Waals surface area contributed by atoms with Gasteiger partial charge < -0.3 is 14.1 Å². The normalized spacial score (nSPS) is 18.2. The second-order valence-corrected chi connectivity index (χ2v) is 7.60. The molecule has 5 heteroatoms. The Balaban J connectivity index is 1.46. The molecule has 0 spiro atoms. The lowest BCUT2D eigenvalue weighted by atomic mass is 9.97. The van der Waals surface area contributed by atoms with Crippen molar-refractivity contribution in [3.8, 4) is 5.75 Å². The van der Waals surface area contributed by atoms with Crippen molar-refractivity contribution >= 4 is 17.0 Å². The average molecular weight is 378 g/mol. The molecule has 1 amide bonds. The largest absolute Gasteiger partial charge is 0.481 e. The van der Waals surface area contributed by atoms with Gasteiger partial charge in [-0.3, -0.25) is 4.79 Å². The SMILES string of the molecule is Cc1cccc(O[C@@H](C)C(=O)N2CCC[C@@H](c3nc4ccccc4o3)C2)c1C. The maximum absolute atomic E-state index is 13.0. The van der Waals surface area contributed by atoms with Crippen LogP contribution in [0, 0.1) is 13.8 Å². The van der Waals surface area contributed by atoms with Crippen molar-refractivity contribution in [1.82, 2.24) is 9.88 Å². The Kier molecular flexibility index (Phi) is 5.07. The summed E-state index contributed by atoms with van der Waals surface area (Å²) in [7, 11) is 0. The van der Waals surface area contributed by atoms with Crippen LogP contribution in [-0.4, -0.2) is 35.0 Å². The Hall–Kier alpha value is -2.82. The van der Waals surface area contributed by atoms with E-state index in [9.17, 15) is 4.79 Å². The lowest BCUT2D eigenvalue weighted by Crippen LogP contribution is -2.45. The lowest BCUT2D eigenvalue weighted by Gasteiger charge is -2.33. The first-order valence-corrected chi connectivity index (χ1v) is 9.90. The Morgan fingerprint density at radius 1 is 1.21 bits per heavy atom. The van der Waals surface area contributed by atoms with E-state index in [2.05, 4.69) is 4.98 Å². The van der Waals surface area contributed by atoms with Gasteiger partial charge in [-0.1, -0.05) is 24.3 Å². The van der Waals surface area contributed by atoms with Gasteiger partial charge >= 0.3 is 0 Å². The number of ether oxygens (including phenoxy) is 1. The highest BCUT2D eigenvalue weighted by Crippen LogP contribution is 2.30. The number of fused-ring (bicyclic) bond motifs is 1. The van der Waals surface area contributed by atoms with Crippen LogP contribution in [0.1, 0.15) is 42.7 Å². The topological polar surface area (TPSA) is 55.6 Å². The van der Waals surface area contributed by atoms with Crippen molar-refractivity contribution in [2.24, 2.45) is 0 Å². The quantitative estimate of drug-likeness (QED) is 0.665. The highest BCUT2D eigenvalue weighted by atomic mass is 16.5. The molecule has 0 N–H and O–H groups in total. The Labute approximate surface area is 165 Å². The standard InChI is InChI=1S/C23H26N2O3/c1-15-8-6-12-20(16(15)2)27-17(3)23(26)25-13-7-9-18(14-25)22-24-19-10-4-5-11-21(19)28-22/h4-6,8,10-12,17-18H,7,9,13-14H2,1-3H3/t17-,18+/m0/s1. The molecule has 0 unspecified atom stereocenters. The number of rotatable bonds is 4. The molecule has 28 heavy (non-hydrogen) atoms. The molecule has 0 bridgehead atoms. The smallest absolute Gasteiger partial charge is 0.263 e. The second-order valence-electron chi connectivity index (χ2n) is 7.60. The van der Waals surface area contributed by atoms with Gasteiger partial charge in [-0.2, -0.15) is 0 Å². The van der Waals surface area contributed by atoms with E-state index in [1.807, 2.05) is 68.1 Å². The third-order valence-electron chi connectivity index (χ3n) is 5.60. The number of carbonyl (C=O) groups is 1. The molecule has 2 heterocycles. The van der Waals surface area contributed by atoms with E-state index in [0.717, 1.165) is 53.3 Å². The number of aryl methyl sites for hydroxylation is 1. The lowest BCUT2D eigenvalue weighted by molar-refractivity contribution is -0.139. The summed E-state index contributed by atoms with van der Waals surface area (Å²) in [5.41, 5.74) is 3.90. The van der Waals surface area contributed by atoms with Crippen LogP contribution in [0.2, 0.25) is 0 Å². The first kappa shape index (κ1) is 18.5. The second kappa shape index (κ2) is 7.66. The number of oxazole rings is 1. The summed E-state index contributed by atoms with van der Waals surface area (Å²) < 4.78 is 11.9. The van der Waals surface area contributed by atoms with Crippen LogP contribution in [0.3, 0.4) is 0 Å². The van der Waals surface area contributed by atoms with Gasteiger partial charge in [-0.15, -0.1) is 0 Å². The Morgan fingerprint density at radius 2 is 2.04 bits per heavy atom. The summed E-state index contributed by atoms with van der Waals surface area (Å²) in [6.07, 6.45) is 1.39. The minimum Gasteiger partial charge on any atom is -0.481 e. The molecule has 2 aromatic carbocycles. The van der Waals surface area contributed by atoms with Gasteiger partial charge in [0.15, 0.2) is 17.6 Å². The van der Waals surface area contributed by atoms with E-state index >= 15 is 0 Å². The van der Waals surface area contributed by atoms with E-state index < -0.39 is 6.10 Å². The maximum atomic E-state index is 13.0. The Morgan fingerprint density at radius 3 is 2.86 bits per heavy atom. The molecular weight excluding hydrogens is 352 g/mol. The summed E-state index contributed by atoms with van der Waals surface area (Å²) >= 11 is 0. The van der Waals surface area contributed by atoms with Crippen molar-refractivity contribution < 1.29 is 13.9 Å². The molecule has 4 rings (SSSR count). The van der Waals surface area contributed by atoms with E-state index in [0.29, 0.717) is 6.54 Å². The number of hydrogen-bond acceptors (Lipinski definition) is 4. The third-order valence-corrected chi connectivity index (χ3v) is 5.60. The molecule has 1 fully saturated rings. The number of benzene rings is 2. The summed E-state index contributed by atoms with van der Waals surface area (Å²) in [5.74, 6) is 1.63. The molecule has 2 atom stereocenters. The number of carbonyl (C=O) groups excluding carboxylic acids is 1. The van der Waals surface area contributed by atoms with Gasteiger partial charge in [0.05, 0.1) is 5.92 Å². The minimum atomic E-state index is -0.525. The molecule has 0 aliphatic carbocycles. The predicted molar refractivity (Wildman–Crippen MR) is 109 cm³/mol. The van der Waals surface area contributed by atoms with Gasteiger partial charge in [-0.25, -0.2) is 4.98 Å². The fourth-order valence-corrected chi connectivity index (χ4v) is 3.79. The molecule has 1 saturated heterocycles. The fraction of sp³-hybridized carbons (Fsp3) is 0.391. The van der Waals surface area contributed by atoms with E-state index in [1.165, 1.54) is 0 Å². The van der Waals surface area contributed by atoms with Gasteiger partial charge in [0.2, 0.25) is 0 Å². The number of hydrogen-bond donors (Lipinski definition) is 0. The van der Waals surface area contributed by atoms with Crippen molar-refractivity contribution in [1.29, 1.82) is 0 Å². The summed E-state index contributed by atoms with van der Waals surface area (Å²) in [6, 6.07) is 13.7. The van der Waals surface area contributed by atoms with E-state index in [-0.39, 0.29) is 11.8 Å². The van der Waals surface area contributed by atoms with Gasteiger partial charge in [0.25, 0.3) is 5.91 Å². The van der Waals surface area contributed by atoms with Crippen LogP contribution in [0.4, 0.5) is 0 Å². The molecule has 0 radical (unpaired) electrons. The monoisotopic (exact) mass is 378 g/mol. The van der Waals surface area contributed by atoms with Crippen LogP contribution in [0.5, 0.6) is 5.75 Å². The predicted octanol–water partition coefficient (Wildman–Crippen LogP) is 4.62. The first-order valence-electron chi connectivity index (χ1n) is 9.90. The number of amides is 1. The molecule has 3 aromatic rings. The molecule has 146 valence electrons. The van der Waals surface area contributed by atoms with Gasteiger partial charge in [0, 0.05) is 13.1 Å². The maximum Gasteiger partial charge on any atom is 0.263 e. The Bertz CT molecular complexity index is 961. The van der Waals surface area contributed by atoms with Crippen molar-refractivity contribution in [2.45, 2.75) is 45.6 Å². The third kappa shape index (κ3) is 3.61. The van der Waals surface area contributed by atoms with Crippen LogP contribution < -0.4 is 4.74 Å². The fourth-order valence-electron chi connectivity index (χ4n) is 3.79.